The van der Waals surface area contributed by atoms with Gasteiger partial charge in [0.15, 0.2) is 0 Å². The summed E-state index contributed by atoms with van der Waals surface area (Å²) >= 11 is 0. The van der Waals surface area contributed by atoms with Gasteiger partial charge in [0.1, 0.15) is 6.17 Å². The largest absolute Gasteiger partial charge is 0.346 e. The lowest BCUT2D eigenvalue weighted by atomic mass is 9.84. The average molecular weight is 538 g/mol. The number of nitrogens with two attached hydrogens (primary N) is 2. The summed E-state index contributed by atoms with van der Waals surface area (Å²) < 4.78 is 14.3. The molecular weight excluding hydrogens is 485 g/mol. The molecule has 0 bridgehead atoms. The molecule has 2 amide bonds. The first-order valence-corrected chi connectivity index (χ1v) is 14.9. The zero-order valence-corrected chi connectivity index (χ0v) is 23.9. The van der Waals surface area contributed by atoms with E-state index in [4.69, 9.17) is 11.5 Å². The molecule has 0 aromatic heterocycles. The summed E-state index contributed by atoms with van der Waals surface area (Å²) in [4.78, 5) is 32.6. The van der Waals surface area contributed by atoms with Crippen LogP contribution in [0, 0.1) is 11.8 Å². The number of amides is 2. The number of carbonyl (C=O) groups excluding carboxylic acids is 2. The van der Waals surface area contributed by atoms with Crippen molar-refractivity contribution in [3.05, 3.63) is 11.3 Å². The van der Waals surface area contributed by atoms with E-state index in [0.717, 1.165) is 70.3 Å². The van der Waals surface area contributed by atoms with Crippen LogP contribution in [-0.4, -0.2) is 97.9 Å². The minimum absolute atomic E-state index is 0.141. The number of piperidine rings is 1. The van der Waals surface area contributed by atoms with Crippen LogP contribution in [0.4, 0.5) is 4.39 Å². The zero-order valence-electron chi connectivity index (χ0n) is 23.9. The Morgan fingerprint density at radius 3 is 2.50 bits per heavy atom. The molecule has 218 valence electrons. The van der Waals surface area contributed by atoms with E-state index in [0.29, 0.717) is 19.5 Å². The van der Waals surface area contributed by atoms with E-state index in [-0.39, 0.29) is 30.8 Å². The minimum atomic E-state index is -0.989. The number of hydrogen-bond acceptors (Lipinski definition) is 7. The third-order valence-electron chi connectivity index (χ3n) is 8.45. The first-order chi connectivity index (χ1) is 18.2. The Kier molecular flexibility index (Phi) is 12.4. The fourth-order valence-electron chi connectivity index (χ4n) is 6.14. The molecule has 3 heterocycles. The van der Waals surface area contributed by atoms with Gasteiger partial charge >= 0.3 is 0 Å². The first kappa shape index (κ1) is 30.9. The Bertz CT molecular complexity index is 808. The smallest absolute Gasteiger partial charge is 0.233 e. The molecule has 3 rings (SSSR count). The average Bonchev–Trinajstić information content (AvgIpc) is 2.87. The van der Waals surface area contributed by atoms with Crippen LogP contribution in [0.5, 0.6) is 0 Å². The molecule has 0 aliphatic carbocycles. The molecule has 10 heteroatoms. The number of nitrogens with one attached hydrogen (secondary N) is 2. The van der Waals surface area contributed by atoms with Gasteiger partial charge in [0.2, 0.25) is 11.8 Å². The van der Waals surface area contributed by atoms with E-state index in [1.165, 1.54) is 12.0 Å². The van der Waals surface area contributed by atoms with Crippen LogP contribution >= 0.6 is 0 Å². The number of likely N-dealkylation sites (tertiary alicyclic amines) is 1. The van der Waals surface area contributed by atoms with Crippen LogP contribution in [0.1, 0.15) is 71.6 Å². The number of nitrogens with zero attached hydrogens (tertiary/aromatic N) is 3. The molecule has 2 fully saturated rings. The fourth-order valence-corrected chi connectivity index (χ4v) is 6.14. The minimum Gasteiger partial charge on any atom is -0.346 e. The van der Waals surface area contributed by atoms with Gasteiger partial charge < -0.3 is 21.7 Å². The quantitative estimate of drug-likeness (QED) is 0.209. The third kappa shape index (κ3) is 8.45. The molecule has 38 heavy (non-hydrogen) atoms. The molecule has 4 unspecified atom stereocenters. The summed E-state index contributed by atoms with van der Waals surface area (Å²) in [5.74, 6) is -0.658. The second kappa shape index (κ2) is 15.3. The molecule has 0 aromatic rings. The van der Waals surface area contributed by atoms with Crippen LogP contribution < -0.4 is 22.1 Å². The normalized spacial score (nSPS) is 26.8. The van der Waals surface area contributed by atoms with Crippen molar-refractivity contribution < 1.29 is 14.0 Å². The van der Waals surface area contributed by atoms with Crippen molar-refractivity contribution in [2.45, 2.75) is 90.1 Å². The van der Waals surface area contributed by atoms with Gasteiger partial charge in [-0.25, -0.2) is 4.39 Å². The highest BCUT2D eigenvalue weighted by atomic mass is 19.1. The zero-order chi connectivity index (χ0) is 27.7. The molecular formula is C28H52FN7O2. The maximum absolute atomic E-state index is 14.3. The van der Waals surface area contributed by atoms with Gasteiger partial charge in [0, 0.05) is 51.9 Å². The number of hydrogen-bond donors (Lipinski definition) is 4. The van der Waals surface area contributed by atoms with E-state index in [1.807, 2.05) is 11.9 Å². The maximum atomic E-state index is 14.3. The van der Waals surface area contributed by atoms with Gasteiger partial charge in [-0.1, -0.05) is 39.5 Å². The van der Waals surface area contributed by atoms with Gasteiger partial charge in [-0.2, -0.15) is 0 Å². The van der Waals surface area contributed by atoms with Gasteiger partial charge in [-0.15, -0.1) is 0 Å². The highest BCUT2D eigenvalue weighted by Gasteiger charge is 2.40. The van der Waals surface area contributed by atoms with Crippen LogP contribution in [0.3, 0.4) is 0 Å². The number of rotatable bonds is 13. The Labute approximate surface area is 228 Å². The van der Waals surface area contributed by atoms with Crippen molar-refractivity contribution in [3.8, 4) is 0 Å². The third-order valence-corrected chi connectivity index (χ3v) is 8.45. The SMILES string of the molecule is CCCCCN1CCC(C2CCN(C)C(=O)C2)=C(NC(=O)C(C(N)N)C2NCC(F)CN2CCCCC)C1. The molecule has 0 radical (unpaired) electrons. The van der Waals surface area contributed by atoms with Crippen molar-refractivity contribution in [2.75, 3.05) is 52.9 Å². The van der Waals surface area contributed by atoms with E-state index < -0.39 is 24.4 Å². The number of halogens is 1. The lowest BCUT2D eigenvalue weighted by Crippen LogP contribution is -2.66. The highest BCUT2D eigenvalue weighted by Crippen LogP contribution is 2.32. The summed E-state index contributed by atoms with van der Waals surface area (Å²) in [5.41, 5.74) is 14.5. The number of unbranched alkanes of at least 4 members (excludes halogenated alkanes) is 4. The van der Waals surface area contributed by atoms with E-state index >= 15 is 0 Å². The molecule has 3 aliphatic rings. The molecule has 6 N–H and O–H groups in total. The van der Waals surface area contributed by atoms with Crippen LogP contribution in [0.15, 0.2) is 11.3 Å². The molecule has 2 saturated heterocycles. The molecule has 4 atom stereocenters. The van der Waals surface area contributed by atoms with Crippen molar-refractivity contribution in [1.29, 1.82) is 0 Å². The Morgan fingerprint density at radius 1 is 1.13 bits per heavy atom. The summed E-state index contributed by atoms with van der Waals surface area (Å²) in [5, 5.41) is 6.47. The molecule has 0 saturated carbocycles. The van der Waals surface area contributed by atoms with Crippen molar-refractivity contribution in [3.63, 3.8) is 0 Å². The van der Waals surface area contributed by atoms with E-state index in [2.05, 4.69) is 29.4 Å². The molecule has 0 spiro atoms. The van der Waals surface area contributed by atoms with E-state index in [9.17, 15) is 14.0 Å². The summed E-state index contributed by atoms with van der Waals surface area (Å²) in [6.45, 7) is 8.79. The molecule has 9 nitrogen and oxygen atoms in total. The standard InChI is InChI=1S/C28H52FN7O2/c1-4-6-8-12-35-15-11-22(20-10-14-34(3)24(37)16-20)23(19-35)33-28(38)25(26(30)31)27-32-17-21(29)18-36(27)13-9-7-5-2/h20-21,25-27,32H,4-19,30-31H2,1-3H3,(H,33,38). The van der Waals surface area contributed by atoms with Gasteiger partial charge in [0.25, 0.3) is 0 Å². The van der Waals surface area contributed by atoms with Crippen molar-refractivity contribution >= 4 is 11.8 Å². The summed E-state index contributed by atoms with van der Waals surface area (Å²) in [6, 6.07) is 0. The Balaban J connectivity index is 1.81. The summed E-state index contributed by atoms with van der Waals surface area (Å²) in [7, 11) is 1.85. The highest BCUT2D eigenvalue weighted by molar-refractivity contribution is 5.82. The topological polar surface area (TPSA) is 120 Å². The number of alkyl halides is 1. The maximum Gasteiger partial charge on any atom is 0.233 e. The van der Waals surface area contributed by atoms with Crippen molar-refractivity contribution in [2.24, 2.45) is 23.3 Å². The van der Waals surface area contributed by atoms with E-state index in [1.54, 1.807) is 4.90 Å². The van der Waals surface area contributed by atoms with Gasteiger partial charge in [-0.05, 0) is 50.3 Å². The predicted molar refractivity (Wildman–Crippen MR) is 150 cm³/mol. The monoisotopic (exact) mass is 537 g/mol. The Hall–Kier alpha value is -1.59. The predicted octanol–water partition coefficient (Wildman–Crippen LogP) is 1.74. The van der Waals surface area contributed by atoms with Gasteiger partial charge in [0.05, 0.1) is 18.2 Å². The van der Waals surface area contributed by atoms with Crippen LogP contribution in [-0.2, 0) is 9.59 Å². The number of carbonyl (C=O) groups is 2. The van der Waals surface area contributed by atoms with Crippen LogP contribution in [0.2, 0.25) is 0 Å². The molecule has 3 aliphatic heterocycles. The molecule has 0 aromatic carbocycles. The fraction of sp³-hybridized carbons (Fsp3) is 0.857. The lowest BCUT2D eigenvalue weighted by Gasteiger charge is -2.43. The Morgan fingerprint density at radius 2 is 1.84 bits per heavy atom. The lowest BCUT2D eigenvalue weighted by molar-refractivity contribution is -0.133. The second-order valence-electron chi connectivity index (χ2n) is 11.5. The van der Waals surface area contributed by atoms with Crippen LogP contribution in [0.25, 0.3) is 0 Å². The van der Waals surface area contributed by atoms with Crippen molar-refractivity contribution in [1.82, 2.24) is 25.3 Å². The second-order valence-corrected chi connectivity index (χ2v) is 11.5. The van der Waals surface area contributed by atoms with Gasteiger partial charge in [-0.3, -0.25) is 24.7 Å². The first-order valence-electron chi connectivity index (χ1n) is 14.9. The summed E-state index contributed by atoms with van der Waals surface area (Å²) in [6.07, 6.45) is 6.44.